The van der Waals surface area contributed by atoms with Crippen LogP contribution in [-0.4, -0.2) is 42.9 Å². The van der Waals surface area contributed by atoms with E-state index in [1.807, 2.05) is 0 Å². The van der Waals surface area contributed by atoms with Crippen LogP contribution in [0.5, 0.6) is 0 Å². The molecule has 104 valence electrons. The van der Waals surface area contributed by atoms with Gasteiger partial charge < -0.3 is 14.7 Å². The van der Waals surface area contributed by atoms with E-state index in [0.29, 0.717) is 18.3 Å². The smallest absolute Gasteiger partial charge is 0.335 e. The van der Waals surface area contributed by atoms with E-state index in [2.05, 4.69) is 9.88 Å². The number of carbonyl (C=O) groups is 1. The molecule has 1 aromatic rings. The van der Waals surface area contributed by atoms with Crippen LogP contribution in [0, 0.1) is 5.92 Å². The summed E-state index contributed by atoms with van der Waals surface area (Å²) in [5.74, 6) is 0.0921. The summed E-state index contributed by atoms with van der Waals surface area (Å²) in [7, 11) is 1.69. The highest BCUT2D eigenvalue weighted by Crippen LogP contribution is 2.24. The molecule has 0 aromatic carbocycles. The van der Waals surface area contributed by atoms with Crippen LogP contribution < -0.4 is 4.90 Å². The molecule has 6 heteroatoms. The Bertz CT molecular complexity index is 465. The van der Waals surface area contributed by atoms with E-state index in [1.165, 1.54) is 6.07 Å². The molecule has 0 spiro atoms. The van der Waals surface area contributed by atoms with Gasteiger partial charge in [-0.1, -0.05) is 11.6 Å². The van der Waals surface area contributed by atoms with Gasteiger partial charge in [-0.15, -0.1) is 0 Å². The molecule has 1 aliphatic rings. The summed E-state index contributed by atoms with van der Waals surface area (Å²) in [5, 5.41) is 9.26. The highest BCUT2D eigenvalue weighted by molar-refractivity contribution is 6.29. The van der Waals surface area contributed by atoms with Crippen molar-refractivity contribution in [3.05, 3.63) is 22.8 Å². The summed E-state index contributed by atoms with van der Waals surface area (Å²) in [6, 6.07) is 2.94. The van der Waals surface area contributed by atoms with Gasteiger partial charge in [0.05, 0.1) is 12.2 Å². The predicted octanol–water partition coefficient (Wildman–Crippen LogP) is 2.30. The number of pyridine rings is 1. The molecule has 1 atom stereocenters. The van der Waals surface area contributed by atoms with Crippen molar-refractivity contribution in [2.24, 2.45) is 5.92 Å². The molecule has 1 saturated heterocycles. The lowest BCUT2D eigenvalue weighted by Crippen LogP contribution is -2.37. The fourth-order valence-corrected chi connectivity index (χ4v) is 2.62. The van der Waals surface area contributed by atoms with E-state index >= 15 is 0 Å². The number of carboxylic acids is 1. The number of halogens is 1. The summed E-state index contributed by atoms with van der Waals surface area (Å²) >= 11 is 5.89. The molecule has 1 fully saturated rings. The van der Waals surface area contributed by atoms with Crippen molar-refractivity contribution in [2.45, 2.75) is 12.8 Å². The Morgan fingerprint density at radius 1 is 1.63 bits per heavy atom. The number of rotatable bonds is 4. The molecule has 0 amide bonds. The SMILES string of the molecule is COCC1CCCN(c2cc(C(=O)O)cc(Cl)n2)C1. The van der Waals surface area contributed by atoms with Crippen LogP contribution in [0.15, 0.2) is 12.1 Å². The molecular formula is C13H17ClN2O3. The molecule has 19 heavy (non-hydrogen) atoms. The minimum absolute atomic E-state index is 0.170. The Morgan fingerprint density at radius 3 is 3.11 bits per heavy atom. The zero-order valence-corrected chi connectivity index (χ0v) is 11.6. The number of piperidine rings is 1. The van der Waals surface area contributed by atoms with Crippen molar-refractivity contribution in [1.82, 2.24) is 4.98 Å². The van der Waals surface area contributed by atoms with Gasteiger partial charge >= 0.3 is 5.97 Å². The number of aromatic nitrogens is 1. The highest BCUT2D eigenvalue weighted by Gasteiger charge is 2.22. The van der Waals surface area contributed by atoms with Gasteiger partial charge in [0.15, 0.2) is 0 Å². The van der Waals surface area contributed by atoms with Gasteiger partial charge in [0.25, 0.3) is 0 Å². The quantitative estimate of drug-likeness (QED) is 0.860. The standard InChI is InChI=1S/C13H17ClN2O3/c1-19-8-9-3-2-4-16(7-9)12-6-10(13(17)18)5-11(14)15-12/h5-6,9H,2-4,7-8H2,1H3,(H,17,18). The summed E-state index contributed by atoms with van der Waals surface area (Å²) in [6.07, 6.45) is 2.17. The van der Waals surface area contributed by atoms with E-state index in [4.69, 9.17) is 21.4 Å². The Kier molecular flexibility index (Phi) is 4.61. The molecule has 0 aliphatic carbocycles. The largest absolute Gasteiger partial charge is 0.478 e. The van der Waals surface area contributed by atoms with Crippen molar-refractivity contribution in [3.63, 3.8) is 0 Å². The Labute approximate surface area is 117 Å². The molecule has 1 aromatic heterocycles. The third-order valence-electron chi connectivity index (χ3n) is 3.27. The molecule has 0 saturated carbocycles. The minimum Gasteiger partial charge on any atom is -0.478 e. The number of aromatic carboxylic acids is 1. The average molecular weight is 285 g/mol. The van der Waals surface area contributed by atoms with Gasteiger partial charge in [-0.25, -0.2) is 9.78 Å². The first-order valence-corrected chi connectivity index (χ1v) is 6.62. The van der Waals surface area contributed by atoms with Crippen LogP contribution in [0.1, 0.15) is 23.2 Å². The minimum atomic E-state index is -0.990. The van der Waals surface area contributed by atoms with Crippen LogP contribution in [0.4, 0.5) is 5.82 Å². The topological polar surface area (TPSA) is 62.7 Å². The lowest BCUT2D eigenvalue weighted by Gasteiger charge is -2.33. The normalized spacial score (nSPS) is 19.5. The first-order valence-electron chi connectivity index (χ1n) is 6.25. The molecule has 2 rings (SSSR count). The number of hydrogen-bond donors (Lipinski definition) is 1. The van der Waals surface area contributed by atoms with Gasteiger partial charge in [0.2, 0.25) is 0 Å². The van der Waals surface area contributed by atoms with Crippen LogP contribution in [0.3, 0.4) is 0 Å². The number of methoxy groups -OCH3 is 1. The fraction of sp³-hybridized carbons (Fsp3) is 0.538. The van der Waals surface area contributed by atoms with Crippen LogP contribution in [0.25, 0.3) is 0 Å². The number of nitrogens with zero attached hydrogens (tertiary/aromatic N) is 2. The van der Waals surface area contributed by atoms with Crippen LogP contribution >= 0.6 is 11.6 Å². The van der Waals surface area contributed by atoms with Crippen molar-refractivity contribution < 1.29 is 14.6 Å². The Hall–Kier alpha value is -1.33. The molecule has 1 aliphatic heterocycles. The maximum absolute atomic E-state index is 11.0. The second-order valence-corrected chi connectivity index (χ2v) is 5.14. The van der Waals surface area contributed by atoms with Crippen LogP contribution in [0.2, 0.25) is 5.15 Å². The summed E-state index contributed by atoms with van der Waals surface area (Å²) < 4.78 is 5.18. The van der Waals surface area contributed by atoms with Crippen molar-refractivity contribution in [1.29, 1.82) is 0 Å². The van der Waals surface area contributed by atoms with E-state index < -0.39 is 5.97 Å². The third-order valence-corrected chi connectivity index (χ3v) is 3.47. The maximum Gasteiger partial charge on any atom is 0.335 e. The first-order chi connectivity index (χ1) is 9.10. The molecule has 1 unspecified atom stereocenters. The van der Waals surface area contributed by atoms with Crippen LogP contribution in [-0.2, 0) is 4.74 Å². The van der Waals surface area contributed by atoms with Gasteiger partial charge in [-0.05, 0) is 30.9 Å². The molecule has 0 bridgehead atoms. The maximum atomic E-state index is 11.0. The second kappa shape index (κ2) is 6.21. The fourth-order valence-electron chi connectivity index (χ4n) is 2.41. The Morgan fingerprint density at radius 2 is 2.42 bits per heavy atom. The van der Waals surface area contributed by atoms with E-state index in [9.17, 15) is 4.79 Å². The lowest BCUT2D eigenvalue weighted by atomic mass is 9.99. The zero-order chi connectivity index (χ0) is 13.8. The van der Waals surface area contributed by atoms with Crippen molar-refractivity contribution in [3.8, 4) is 0 Å². The predicted molar refractivity (Wildman–Crippen MR) is 73.0 cm³/mol. The number of carboxylic acid groups (broad SMARTS) is 1. The second-order valence-electron chi connectivity index (χ2n) is 4.75. The molecule has 1 N–H and O–H groups in total. The van der Waals surface area contributed by atoms with Crippen molar-refractivity contribution in [2.75, 3.05) is 31.7 Å². The highest BCUT2D eigenvalue weighted by atomic mass is 35.5. The monoisotopic (exact) mass is 284 g/mol. The zero-order valence-electron chi connectivity index (χ0n) is 10.8. The summed E-state index contributed by atoms with van der Waals surface area (Å²) in [4.78, 5) is 17.3. The van der Waals surface area contributed by atoms with Gasteiger partial charge in [0, 0.05) is 20.2 Å². The summed E-state index contributed by atoms with van der Waals surface area (Å²) in [5.41, 5.74) is 0.170. The van der Waals surface area contributed by atoms with Gasteiger partial charge in [-0.3, -0.25) is 0 Å². The Balaban J connectivity index is 2.18. The molecule has 2 heterocycles. The van der Waals surface area contributed by atoms with Crippen molar-refractivity contribution >= 4 is 23.4 Å². The van der Waals surface area contributed by atoms with E-state index in [-0.39, 0.29) is 10.7 Å². The summed E-state index contributed by atoms with van der Waals surface area (Å²) in [6.45, 7) is 2.40. The molecular weight excluding hydrogens is 268 g/mol. The third kappa shape index (κ3) is 3.58. The number of ether oxygens (including phenoxy) is 1. The molecule has 0 radical (unpaired) electrons. The average Bonchev–Trinajstić information content (AvgIpc) is 2.38. The van der Waals surface area contributed by atoms with Gasteiger partial charge in [-0.2, -0.15) is 0 Å². The number of anilines is 1. The van der Waals surface area contributed by atoms with Gasteiger partial charge in [0.1, 0.15) is 11.0 Å². The lowest BCUT2D eigenvalue weighted by molar-refractivity contribution is 0.0696. The molecule has 5 nitrogen and oxygen atoms in total. The number of hydrogen-bond acceptors (Lipinski definition) is 4. The van der Waals surface area contributed by atoms with E-state index in [1.54, 1.807) is 13.2 Å². The first kappa shape index (κ1) is 14.1. The van der Waals surface area contributed by atoms with E-state index in [0.717, 1.165) is 25.9 Å².